The first kappa shape index (κ1) is 19.9. The molecule has 9 heteroatoms. The van der Waals surface area contributed by atoms with Gasteiger partial charge in [-0.2, -0.15) is 5.10 Å². The van der Waals surface area contributed by atoms with Crippen LogP contribution in [0.25, 0.3) is 0 Å². The Morgan fingerprint density at radius 3 is 2.68 bits per heavy atom. The minimum atomic E-state index is -1.23. The van der Waals surface area contributed by atoms with Gasteiger partial charge in [0.05, 0.1) is 5.69 Å². The molecule has 0 spiro atoms. The summed E-state index contributed by atoms with van der Waals surface area (Å²) in [6.07, 6.45) is 0.544. The molecular weight excluding hydrogens is 378 g/mol. The Kier molecular flexibility index (Phi) is 5.73. The number of rotatable bonds is 6. The zero-order valence-electron chi connectivity index (χ0n) is 16.0. The third kappa shape index (κ3) is 4.04. The summed E-state index contributed by atoms with van der Waals surface area (Å²) in [6.45, 7) is 4.24. The molecule has 0 radical (unpaired) electrons. The van der Waals surface area contributed by atoms with E-state index in [0.29, 0.717) is 25.2 Å². The van der Waals surface area contributed by atoms with Crippen LogP contribution in [0.5, 0.6) is 0 Å². The molecule has 1 aliphatic heterocycles. The van der Waals surface area contributed by atoms with Gasteiger partial charge in [-0.1, -0.05) is 23.9 Å². The van der Waals surface area contributed by atoms with Gasteiger partial charge in [-0.25, -0.2) is 0 Å². The van der Waals surface area contributed by atoms with Crippen molar-refractivity contribution in [2.75, 3.05) is 18.4 Å². The van der Waals surface area contributed by atoms with Gasteiger partial charge >= 0.3 is 0 Å². The molecule has 8 nitrogen and oxygen atoms in total. The summed E-state index contributed by atoms with van der Waals surface area (Å²) >= 11 is 1.24. The molecular formula is C19H23N5O3S. The summed E-state index contributed by atoms with van der Waals surface area (Å²) in [5.41, 5.74) is 1.98. The van der Waals surface area contributed by atoms with Crippen molar-refractivity contribution in [3.05, 3.63) is 41.7 Å². The molecule has 2 heterocycles. The number of aromatic nitrogens is 2. The number of anilines is 1. The lowest BCUT2D eigenvalue weighted by atomic mass is 10.1. The van der Waals surface area contributed by atoms with E-state index in [-0.39, 0.29) is 17.7 Å². The largest absolute Gasteiger partial charge is 0.354 e. The van der Waals surface area contributed by atoms with E-state index in [2.05, 4.69) is 21.0 Å². The van der Waals surface area contributed by atoms with Gasteiger partial charge in [0.2, 0.25) is 11.8 Å². The first-order valence-electron chi connectivity index (χ1n) is 8.98. The van der Waals surface area contributed by atoms with Crippen molar-refractivity contribution < 1.29 is 14.4 Å². The molecule has 1 atom stereocenters. The minimum Gasteiger partial charge on any atom is -0.354 e. The Bertz CT molecular complexity index is 907. The number of hydrogen-bond donors (Lipinski definition) is 3. The van der Waals surface area contributed by atoms with E-state index >= 15 is 0 Å². The standard InChI is InChI=1S/C19H23N5O3S/c1-12-11-14(23-24(12)3)16(25)20-9-6-10-21-17(26)19(2)18(27)22-13-7-4-5-8-15(13)28-19/h4-5,7-8,11H,6,9-10H2,1-3H3,(H,20,25)(H,21,26)(H,22,27). The molecule has 0 aliphatic carbocycles. The number of benzene rings is 1. The van der Waals surface area contributed by atoms with E-state index in [4.69, 9.17) is 0 Å². The maximum absolute atomic E-state index is 12.6. The molecule has 3 amide bonds. The Morgan fingerprint density at radius 2 is 1.96 bits per heavy atom. The van der Waals surface area contributed by atoms with Gasteiger partial charge in [0.25, 0.3) is 5.91 Å². The van der Waals surface area contributed by atoms with E-state index in [1.807, 2.05) is 31.2 Å². The number of thioether (sulfide) groups is 1. The highest BCUT2D eigenvalue weighted by Gasteiger charge is 2.45. The molecule has 2 aromatic rings. The summed E-state index contributed by atoms with van der Waals surface area (Å²) in [4.78, 5) is 37.9. The van der Waals surface area contributed by atoms with Crippen molar-refractivity contribution in [3.8, 4) is 0 Å². The minimum absolute atomic E-state index is 0.249. The maximum Gasteiger partial charge on any atom is 0.271 e. The van der Waals surface area contributed by atoms with Gasteiger partial charge in [-0.05, 0) is 38.5 Å². The fraction of sp³-hybridized carbons (Fsp3) is 0.368. The lowest BCUT2D eigenvalue weighted by Crippen LogP contribution is -2.52. The first-order chi connectivity index (χ1) is 13.3. The molecule has 148 valence electrons. The fourth-order valence-electron chi connectivity index (χ4n) is 2.74. The summed E-state index contributed by atoms with van der Waals surface area (Å²) in [7, 11) is 1.78. The van der Waals surface area contributed by atoms with E-state index < -0.39 is 4.75 Å². The second-order valence-corrected chi connectivity index (χ2v) is 8.21. The average Bonchev–Trinajstić information content (AvgIpc) is 3.01. The zero-order chi connectivity index (χ0) is 20.3. The molecule has 0 fully saturated rings. The Morgan fingerprint density at radius 1 is 1.25 bits per heavy atom. The van der Waals surface area contributed by atoms with Gasteiger partial charge < -0.3 is 16.0 Å². The second kappa shape index (κ2) is 8.05. The third-order valence-electron chi connectivity index (χ3n) is 4.59. The van der Waals surface area contributed by atoms with Gasteiger partial charge in [-0.3, -0.25) is 19.1 Å². The van der Waals surface area contributed by atoms with Crippen LogP contribution in [-0.2, 0) is 16.6 Å². The fourth-order valence-corrected chi connectivity index (χ4v) is 3.86. The third-order valence-corrected chi connectivity index (χ3v) is 5.94. The molecule has 0 saturated carbocycles. The van der Waals surface area contributed by atoms with Crippen LogP contribution in [0.3, 0.4) is 0 Å². The van der Waals surface area contributed by atoms with Gasteiger partial charge in [0, 0.05) is 30.7 Å². The van der Waals surface area contributed by atoms with Crippen molar-refractivity contribution in [1.82, 2.24) is 20.4 Å². The lowest BCUT2D eigenvalue weighted by Gasteiger charge is -2.31. The van der Waals surface area contributed by atoms with Gasteiger partial charge in [-0.15, -0.1) is 0 Å². The van der Waals surface area contributed by atoms with Crippen LogP contribution < -0.4 is 16.0 Å². The molecule has 1 aliphatic rings. The molecule has 28 heavy (non-hydrogen) atoms. The van der Waals surface area contributed by atoms with Crippen molar-refractivity contribution in [2.45, 2.75) is 29.9 Å². The van der Waals surface area contributed by atoms with E-state index in [1.54, 1.807) is 24.7 Å². The van der Waals surface area contributed by atoms with E-state index in [1.165, 1.54) is 11.8 Å². The monoisotopic (exact) mass is 401 g/mol. The predicted octanol–water partition coefficient (Wildman–Crippen LogP) is 1.47. The van der Waals surface area contributed by atoms with Gasteiger partial charge in [0.15, 0.2) is 4.75 Å². The average molecular weight is 401 g/mol. The number of amides is 3. The normalized spacial score (nSPS) is 18.2. The quantitative estimate of drug-likeness (QED) is 0.502. The maximum atomic E-state index is 12.6. The summed E-state index contributed by atoms with van der Waals surface area (Å²) in [6, 6.07) is 9.11. The molecule has 1 aromatic heterocycles. The smallest absolute Gasteiger partial charge is 0.271 e. The van der Waals surface area contributed by atoms with Crippen LogP contribution in [0, 0.1) is 6.92 Å². The van der Waals surface area contributed by atoms with Crippen LogP contribution in [0.4, 0.5) is 5.69 Å². The first-order valence-corrected chi connectivity index (χ1v) is 9.79. The Hall–Kier alpha value is -2.81. The van der Waals surface area contributed by atoms with Crippen molar-refractivity contribution >= 4 is 35.2 Å². The summed E-state index contributed by atoms with van der Waals surface area (Å²) in [5.74, 6) is -0.940. The number of hydrogen-bond acceptors (Lipinski definition) is 5. The zero-order valence-corrected chi connectivity index (χ0v) is 16.9. The topological polar surface area (TPSA) is 105 Å². The molecule has 0 saturated heterocycles. The van der Waals surface area contributed by atoms with Crippen LogP contribution in [0.15, 0.2) is 35.2 Å². The molecule has 1 aromatic carbocycles. The number of nitrogens with zero attached hydrogens (tertiary/aromatic N) is 2. The molecule has 3 rings (SSSR count). The number of aryl methyl sites for hydroxylation is 2. The highest BCUT2D eigenvalue weighted by molar-refractivity contribution is 8.02. The number of nitrogens with one attached hydrogen (secondary N) is 3. The highest BCUT2D eigenvalue weighted by atomic mass is 32.2. The predicted molar refractivity (Wildman–Crippen MR) is 107 cm³/mol. The number of carbonyl (C=O) groups excluding carboxylic acids is 3. The summed E-state index contributed by atoms with van der Waals surface area (Å²) < 4.78 is 0.407. The Balaban J connectivity index is 1.46. The second-order valence-electron chi connectivity index (χ2n) is 6.75. The van der Waals surface area contributed by atoms with Crippen molar-refractivity contribution in [3.63, 3.8) is 0 Å². The number of carbonyl (C=O) groups is 3. The lowest BCUT2D eigenvalue weighted by molar-refractivity contribution is -0.129. The van der Waals surface area contributed by atoms with Crippen LogP contribution >= 0.6 is 11.8 Å². The van der Waals surface area contributed by atoms with Crippen LogP contribution in [-0.4, -0.2) is 45.3 Å². The van der Waals surface area contributed by atoms with Gasteiger partial charge in [0.1, 0.15) is 5.69 Å². The molecule has 1 unspecified atom stereocenters. The molecule has 0 bridgehead atoms. The van der Waals surface area contributed by atoms with Crippen LogP contribution in [0.2, 0.25) is 0 Å². The van der Waals surface area contributed by atoms with E-state index in [9.17, 15) is 14.4 Å². The number of fused-ring (bicyclic) bond motifs is 1. The van der Waals surface area contributed by atoms with Crippen molar-refractivity contribution in [1.29, 1.82) is 0 Å². The van der Waals surface area contributed by atoms with Crippen molar-refractivity contribution in [2.24, 2.45) is 7.05 Å². The SMILES string of the molecule is Cc1cc(C(=O)NCCCNC(=O)C2(C)Sc3ccccc3NC2=O)nn1C. The Labute approximate surface area is 167 Å². The number of para-hydroxylation sites is 1. The van der Waals surface area contributed by atoms with Crippen LogP contribution in [0.1, 0.15) is 29.5 Å². The molecule has 3 N–H and O–H groups in total. The summed E-state index contributed by atoms with van der Waals surface area (Å²) in [5, 5.41) is 12.5. The highest BCUT2D eigenvalue weighted by Crippen LogP contribution is 2.42. The van der Waals surface area contributed by atoms with E-state index in [0.717, 1.165) is 16.3 Å².